The average Bonchev–Trinajstić information content (AvgIpc) is 3.06. The average molecular weight is 663 g/mol. The van der Waals surface area contributed by atoms with Crippen LogP contribution >= 0.6 is 0 Å². The molecule has 0 aliphatic heterocycles. The van der Waals surface area contributed by atoms with Gasteiger partial charge in [-0.3, -0.25) is 9.59 Å². The number of unbranched alkanes of at least 4 members (excludes halogenated alkanes) is 22. The number of carbonyl (C=O) groups is 2. The summed E-state index contributed by atoms with van der Waals surface area (Å²) in [4.78, 5) is 28.1. The summed E-state index contributed by atoms with van der Waals surface area (Å²) in [5.41, 5.74) is -0.689. The lowest BCUT2D eigenvalue weighted by Gasteiger charge is -2.28. The van der Waals surface area contributed by atoms with E-state index in [0.29, 0.717) is 26.4 Å². The molecule has 6 nitrogen and oxygen atoms in total. The lowest BCUT2D eigenvalue weighted by molar-refractivity contribution is -0.124. The Labute approximate surface area is 292 Å². The van der Waals surface area contributed by atoms with E-state index in [1.165, 1.54) is 141 Å². The van der Waals surface area contributed by atoms with Gasteiger partial charge in [-0.05, 0) is 12.8 Å². The Morgan fingerprint density at radius 2 is 0.702 bits per heavy atom. The minimum absolute atomic E-state index is 0.0939. The van der Waals surface area contributed by atoms with Crippen molar-refractivity contribution >= 4 is 11.8 Å². The van der Waals surface area contributed by atoms with Crippen LogP contribution in [0.25, 0.3) is 0 Å². The predicted molar refractivity (Wildman–Crippen MR) is 202 cm³/mol. The molecule has 0 unspecified atom stereocenters. The highest BCUT2D eigenvalue weighted by atomic mass is 16.5. The molecule has 0 saturated heterocycles. The Morgan fingerprint density at radius 3 is 0.957 bits per heavy atom. The Balaban J connectivity index is 4.73. The quantitative estimate of drug-likeness (QED) is 0.0508. The smallest absolute Gasteiger partial charge is 0.245 e. The minimum atomic E-state index is -0.689. The first kappa shape index (κ1) is 45.3. The molecule has 0 heterocycles. The topological polar surface area (TPSA) is 59.1 Å². The van der Waals surface area contributed by atoms with Crippen molar-refractivity contribution in [2.24, 2.45) is 5.41 Å². The van der Waals surface area contributed by atoms with Crippen LogP contribution in [0.4, 0.5) is 0 Å². The van der Waals surface area contributed by atoms with Crippen LogP contribution in [0.2, 0.25) is 0 Å². The first-order chi connectivity index (χ1) is 22.8. The van der Waals surface area contributed by atoms with Gasteiger partial charge in [-0.2, -0.15) is 0 Å². The zero-order chi connectivity index (χ0) is 34.9. The standard InChI is InChI=1S/C41H78N2O4/c1-7-9-11-13-15-17-19-21-23-25-27-29-35-46-37-41(33-31-39(44)42(3)4,34-32-40(45)43(5)6)38-47-36-30-28-26-24-22-20-18-16-14-12-10-8-2/h31-34H,7-30,35-38H2,1-6H3/b33-31+,34-32+. The van der Waals surface area contributed by atoms with E-state index in [2.05, 4.69) is 13.8 Å². The van der Waals surface area contributed by atoms with Crippen LogP contribution in [0.5, 0.6) is 0 Å². The molecule has 2 amide bonds. The highest BCUT2D eigenvalue weighted by Gasteiger charge is 2.26. The lowest BCUT2D eigenvalue weighted by Crippen LogP contribution is -2.31. The number of hydrogen-bond acceptors (Lipinski definition) is 4. The molecular formula is C41H78N2O4. The normalized spacial score (nSPS) is 12.0. The van der Waals surface area contributed by atoms with E-state index in [-0.39, 0.29) is 11.8 Å². The fourth-order valence-electron chi connectivity index (χ4n) is 5.68. The third-order valence-corrected chi connectivity index (χ3v) is 9.02. The summed E-state index contributed by atoms with van der Waals surface area (Å²) >= 11 is 0. The van der Waals surface area contributed by atoms with Crippen LogP contribution in [0.1, 0.15) is 168 Å². The van der Waals surface area contributed by atoms with Crippen molar-refractivity contribution < 1.29 is 19.1 Å². The van der Waals surface area contributed by atoms with Gasteiger partial charge in [0.2, 0.25) is 11.8 Å². The Hall–Kier alpha value is -1.66. The highest BCUT2D eigenvalue weighted by molar-refractivity contribution is 5.88. The summed E-state index contributed by atoms with van der Waals surface area (Å²) in [6.45, 7) is 6.63. The van der Waals surface area contributed by atoms with Crippen molar-refractivity contribution in [3.8, 4) is 0 Å². The van der Waals surface area contributed by atoms with E-state index in [1.807, 2.05) is 12.2 Å². The van der Waals surface area contributed by atoms with Crippen molar-refractivity contribution in [1.29, 1.82) is 0 Å². The zero-order valence-electron chi connectivity index (χ0n) is 32.1. The van der Waals surface area contributed by atoms with E-state index >= 15 is 0 Å². The lowest BCUT2D eigenvalue weighted by atomic mass is 9.88. The largest absolute Gasteiger partial charge is 0.380 e. The second-order valence-electron chi connectivity index (χ2n) is 14.2. The molecule has 0 radical (unpaired) electrons. The van der Waals surface area contributed by atoms with Crippen LogP contribution in [-0.2, 0) is 19.1 Å². The maximum absolute atomic E-state index is 12.5. The van der Waals surface area contributed by atoms with E-state index in [0.717, 1.165) is 12.8 Å². The summed E-state index contributed by atoms with van der Waals surface area (Å²) in [5, 5.41) is 0. The molecule has 47 heavy (non-hydrogen) atoms. The van der Waals surface area contributed by atoms with E-state index < -0.39 is 5.41 Å². The predicted octanol–water partition coefficient (Wildman–Crippen LogP) is 10.7. The highest BCUT2D eigenvalue weighted by Crippen LogP contribution is 2.25. The van der Waals surface area contributed by atoms with Gasteiger partial charge in [0.15, 0.2) is 0 Å². The van der Waals surface area contributed by atoms with Crippen molar-refractivity contribution in [3.05, 3.63) is 24.3 Å². The molecule has 0 aliphatic rings. The number of carbonyl (C=O) groups excluding carboxylic acids is 2. The van der Waals surface area contributed by atoms with Crippen LogP contribution in [0.3, 0.4) is 0 Å². The van der Waals surface area contributed by atoms with Gasteiger partial charge in [-0.25, -0.2) is 0 Å². The molecule has 0 bridgehead atoms. The van der Waals surface area contributed by atoms with E-state index in [4.69, 9.17) is 9.47 Å². The van der Waals surface area contributed by atoms with Gasteiger partial charge in [0.05, 0.1) is 18.6 Å². The number of nitrogens with zero attached hydrogens (tertiary/aromatic N) is 2. The van der Waals surface area contributed by atoms with Crippen LogP contribution in [0, 0.1) is 5.41 Å². The molecule has 0 rings (SSSR count). The van der Waals surface area contributed by atoms with Crippen LogP contribution in [-0.4, -0.2) is 76.2 Å². The summed E-state index contributed by atoms with van der Waals surface area (Å²) in [7, 11) is 6.98. The number of likely N-dealkylation sites (N-methyl/N-ethyl adjacent to an activating group) is 2. The molecule has 0 aromatic heterocycles. The van der Waals surface area contributed by atoms with Gasteiger partial charge in [0.1, 0.15) is 0 Å². The van der Waals surface area contributed by atoms with E-state index in [1.54, 1.807) is 50.1 Å². The molecule has 0 N–H and O–H groups in total. The monoisotopic (exact) mass is 663 g/mol. The SMILES string of the molecule is CCCCCCCCCCCCCCOCC(/C=C/C(=O)N(C)C)(/C=C/C(=O)N(C)C)COCCCCCCCCCCCCCC. The second kappa shape index (κ2) is 32.9. The molecular weight excluding hydrogens is 584 g/mol. The molecule has 0 spiro atoms. The van der Waals surface area contributed by atoms with Gasteiger partial charge in [-0.1, -0.05) is 167 Å². The van der Waals surface area contributed by atoms with Crippen molar-refractivity contribution in [3.63, 3.8) is 0 Å². The van der Waals surface area contributed by atoms with Gasteiger partial charge >= 0.3 is 0 Å². The minimum Gasteiger partial charge on any atom is -0.380 e. The number of ether oxygens (including phenoxy) is 2. The Kier molecular flexibility index (Phi) is 31.7. The maximum Gasteiger partial charge on any atom is 0.245 e. The fraction of sp³-hybridized carbons (Fsp3) is 0.854. The summed E-state index contributed by atoms with van der Waals surface area (Å²) in [6, 6.07) is 0. The number of rotatable bonds is 34. The summed E-state index contributed by atoms with van der Waals surface area (Å²) < 4.78 is 12.4. The summed E-state index contributed by atoms with van der Waals surface area (Å²) in [6.07, 6.45) is 38.3. The van der Waals surface area contributed by atoms with Gasteiger partial charge < -0.3 is 19.3 Å². The molecule has 0 atom stereocenters. The molecule has 0 saturated carbocycles. The molecule has 0 fully saturated rings. The van der Waals surface area contributed by atoms with Gasteiger partial charge in [0.25, 0.3) is 0 Å². The number of hydrogen-bond donors (Lipinski definition) is 0. The number of amides is 2. The third kappa shape index (κ3) is 29.0. The Morgan fingerprint density at radius 1 is 0.447 bits per heavy atom. The van der Waals surface area contributed by atoms with Gasteiger partial charge in [-0.15, -0.1) is 0 Å². The fourth-order valence-corrected chi connectivity index (χ4v) is 5.68. The zero-order valence-corrected chi connectivity index (χ0v) is 32.1. The van der Waals surface area contributed by atoms with Crippen LogP contribution in [0.15, 0.2) is 24.3 Å². The third-order valence-electron chi connectivity index (χ3n) is 9.02. The van der Waals surface area contributed by atoms with Crippen molar-refractivity contribution in [2.75, 3.05) is 54.6 Å². The first-order valence-electron chi connectivity index (χ1n) is 19.7. The first-order valence-corrected chi connectivity index (χ1v) is 19.7. The van der Waals surface area contributed by atoms with Crippen molar-refractivity contribution in [1.82, 2.24) is 9.80 Å². The molecule has 6 heteroatoms. The molecule has 0 aliphatic carbocycles. The maximum atomic E-state index is 12.5. The second-order valence-corrected chi connectivity index (χ2v) is 14.2. The van der Waals surface area contributed by atoms with Crippen molar-refractivity contribution in [2.45, 2.75) is 168 Å². The summed E-state index contributed by atoms with van der Waals surface area (Å²) in [5.74, 6) is -0.188. The molecule has 0 aromatic carbocycles. The Bertz CT molecular complexity index is 713. The molecule has 276 valence electrons. The van der Waals surface area contributed by atoms with Gasteiger partial charge in [0, 0.05) is 53.6 Å². The van der Waals surface area contributed by atoms with E-state index in [9.17, 15) is 9.59 Å². The van der Waals surface area contributed by atoms with Crippen LogP contribution < -0.4 is 0 Å². The molecule has 0 aromatic rings.